The van der Waals surface area contributed by atoms with Crippen molar-refractivity contribution in [1.29, 1.82) is 0 Å². The van der Waals surface area contributed by atoms with E-state index >= 15 is 0 Å². The van der Waals surface area contributed by atoms with Crippen LogP contribution < -0.4 is 42.4 Å². The molecule has 0 fully saturated rings. The number of anilines is 1. The third-order valence-electron chi connectivity index (χ3n) is 14.5. The van der Waals surface area contributed by atoms with Crippen LogP contribution in [0.3, 0.4) is 0 Å². The van der Waals surface area contributed by atoms with Gasteiger partial charge >= 0.3 is 6.03 Å². The summed E-state index contributed by atoms with van der Waals surface area (Å²) in [5.41, 5.74) is 7.12. The summed E-state index contributed by atoms with van der Waals surface area (Å²) in [5.74, 6) is -2.59. The van der Waals surface area contributed by atoms with Crippen molar-refractivity contribution in [3.8, 4) is 0 Å². The molecule has 21 nitrogen and oxygen atoms in total. The SMILES string of the molecule is CCc1cc(N[C@H](COCCOCCOCCC(=O)N[C@@H](C(=O)N[C@H](C)CCCNC(N)=O)C(C)C)N2C(=O)C=CC2=O)ccc1S(=O)(=O)NC(=O)/C(C)=C/C(NC[C@@H](N(C)C[C@@H](NC)C(C)(C)c1ccccc1)C(C)(C)C)C(C)C. The summed E-state index contributed by atoms with van der Waals surface area (Å²) in [5, 5.41) is 18.6. The molecule has 9 N–H and O–H groups in total. The Morgan fingerprint density at radius 1 is 0.840 bits per heavy atom. The Morgan fingerprint density at radius 2 is 1.46 bits per heavy atom. The van der Waals surface area contributed by atoms with Gasteiger partial charge in [-0.3, -0.25) is 28.9 Å². The van der Waals surface area contributed by atoms with Gasteiger partial charge in [-0.2, -0.15) is 0 Å². The lowest BCUT2D eigenvalue weighted by Gasteiger charge is -2.44. The smallest absolute Gasteiger partial charge is 0.312 e. The van der Waals surface area contributed by atoms with Crippen LogP contribution >= 0.6 is 0 Å². The summed E-state index contributed by atoms with van der Waals surface area (Å²) in [4.78, 5) is 79.1. The molecule has 0 bridgehead atoms. The van der Waals surface area contributed by atoms with Gasteiger partial charge in [0.25, 0.3) is 27.7 Å². The minimum atomic E-state index is -4.36. The Morgan fingerprint density at radius 3 is 2.02 bits per heavy atom. The Balaban J connectivity index is 1.56. The quantitative estimate of drug-likeness (QED) is 0.0258. The van der Waals surface area contributed by atoms with Crippen LogP contribution in [0.25, 0.3) is 0 Å². The fourth-order valence-corrected chi connectivity index (χ4v) is 10.8. The maximum absolute atomic E-state index is 13.9. The predicted octanol–water partition coefficient (Wildman–Crippen LogP) is 4.72. The van der Waals surface area contributed by atoms with Gasteiger partial charge in [0.15, 0.2) is 0 Å². The number of imide groups is 1. The van der Waals surface area contributed by atoms with E-state index in [1.54, 1.807) is 26.0 Å². The van der Waals surface area contributed by atoms with E-state index in [1.165, 1.54) is 17.7 Å². The highest BCUT2D eigenvalue weighted by Gasteiger charge is 2.36. The van der Waals surface area contributed by atoms with Crippen molar-refractivity contribution in [1.82, 2.24) is 41.1 Å². The van der Waals surface area contributed by atoms with E-state index in [9.17, 15) is 37.2 Å². The average Bonchev–Trinajstić information content (AvgIpc) is 3.73. The lowest BCUT2D eigenvalue weighted by atomic mass is 9.77. The summed E-state index contributed by atoms with van der Waals surface area (Å²) in [7, 11) is -0.210. The topological polar surface area (TPSA) is 281 Å². The first-order valence-electron chi connectivity index (χ1n) is 28.3. The van der Waals surface area contributed by atoms with Crippen LogP contribution in [0.5, 0.6) is 0 Å². The second-order valence-electron chi connectivity index (χ2n) is 23.1. The number of amides is 7. The molecule has 2 aromatic rings. The number of aryl methyl sites for hydroxylation is 1. The van der Waals surface area contributed by atoms with Crippen LogP contribution in [0, 0.1) is 17.3 Å². The molecule has 454 valence electrons. The number of urea groups is 1. The molecule has 0 saturated carbocycles. The summed E-state index contributed by atoms with van der Waals surface area (Å²) >= 11 is 0. The molecule has 1 heterocycles. The van der Waals surface area contributed by atoms with Crippen molar-refractivity contribution < 1.29 is 51.4 Å². The van der Waals surface area contributed by atoms with Crippen LogP contribution in [0.15, 0.2) is 77.2 Å². The van der Waals surface area contributed by atoms with Crippen molar-refractivity contribution in [2.75, 3.05) is 78.7 Å². The standard InChI is InChI=1S/C59H96N10O11S/c1-15-43-35-45(65-50(69-52(71)25-26-53(69)72)38-80-33-32-79-31-30-78-29-27-51(70)66-54(40(4)5)56(74)64-42(7)20-19-28-62-57(60)75)23-24-47(43)81(76,77)67-55(73)41(6)34-46(39(2)3)63-36-49(58(8,9)10)68(14)37-48(61-13)59(11,12)44-21-17-16-18-22-44/h16-18,21-26,34-35,39-40,42,46,48-50,54,61,63,65H,15,19-20,27-33,36-38H2,1-14H3,(H,64,74)(H,66,70)(H,67,73)(H3,60,62,75)/b41-34+/t42-,46?,48-,49-,50+,54-/m1/s1. The maximum Gasteiger partial charge on any atom is 0.312 e. The molecule has 1 unspecified atom stereocenters. The number of carbonyl (C=O) groups excluding carboxylic acids is 6. The van der Waals surface area contributed by atoms with Crippen LogP contribution in [-0.4, -0.2) is 164 Å². The number of hydrogen-bond donors (Lipinski definition) is 8. The summed E-state index contributed by atoms with van der Waals surface area (Å²) in [6.45, 7) is 26.5. The molecule has 2 aromatic carbocycles. The molecule has 6 atom stereocenters. The fourth-order valence-electron chi connectivity index (χ4n) is 9.53. The molecule has 0 radical (unpaired) electrons. The van der Waals surface area contributed by atoms with Crippen LogP contribution in [0.1, 0.15) is 113 Å². The van der Waals surface area contributed by atoms with E-state index in [0.29, 0.717) is 37.2 Å². The maximum atomic E-state index is 13.9. The molecule has 0 aromatic heterocycles. The van der Waals surface area contributed by atoms with E-state index in [0.717, 1.165) is 23.6 Å². The molecule has 1 aliphatic heterocycles. The first kappa shape index (κ1) is 69.5. The predicted molar refractivity (Wildman–Crippen MR) is 316 cm³/mol. The summed E-state index contributed by atoms with van der Waals surface area (Å²) in [6.07, 6.45) is 4.67. The zero-order valence-electron chi connectivity index (χ0n) is 50.5. The Kier molecular flexibility index (Phi) is 28.6. The monoisotopic (exact) mass is 1150 g/mol. The van der Waals surface area contributed by atoms with Crippen molar-refractivity contribution in [3.63, 3.8) is 0 Å². The number of likely N-dealkylation sites (N-methyl/N-ethyl adjacent to an activating group) is 2. The number of ether oxygens (including phenoxy) is 3. The average molecular weight is 1150 g/mol. The first-order valence-corrected chi connectivity index (χ1v) is 29.7. The Hall–Kier alpha value is -5.75. The van der Waals surface area contributed by atoms with Gasteiger partial charge < -0.3 is 56.7 Å². The summed E-state index contributed by atoms with van der Waals surface area (Å²) < 4.78 is 47.2. The van der Waals surface area contributed by atoms with Gasteiger partial charge in [-0.05, 0) is 93.8 Å². The fraction of sp³-hybridized carbons (Fsp3) is 0.627. The molecule has 1 aliphatic rings. The molecule has 7 amide bonds. The van der Waals surface area contributed by atoms with E-state index in [1.807, 2.05) is 33.9 Å². The number of carbonyl (C=O) groups is 6. The second kappa shape index (κ2) is 33.4. The molecule has 0 aliphatic carbocycles. The number of rotatable bonds is 37. The third-order valence-corrected chi connectivity index (χ3v) is 15.9. The van der Waals surface area contributed by atoms with Gasteiger partial charge in [0.1, 0.15) is 12.2 Å². The highest BCUT2D eigenvalue weighted by atomic mass is 32.2. The lowest BCUT2D eigenvalue weighted by molar-refractivity contribution is -0.140. The van der Waals surface area contributed by atoms with Gasteiger partial charge in [0.2, 0.25) is 11.8 Å². The van der Waals surface area contributed by atoms with Crippen LogP contribution in [0.2, 0.25) is 0 Å². The Bertz CT molecular complexity index is 2520. The molecular weight excluding hydrogens is 1060 g/mol. The minimum Gasteiger partial charge on any atom is -0.379 e. The van der Waals surface area contributed by atoms with Gasteiger partial charge in [-0.1, -0.05) is 106 Å². The van der Waals surface area contributed by atoms with Crippen molar-refractivity contribution in [3.05, 3.63) is 83.5 Å². The minimum absolute atomic E-state index is 0.0282. The molecular formula is C59H96N10O11S. The number of nitrogens with zero attached hydrogens (tertiary/aromatic N) is 2. The van der Waals surface area contributed by atoms with E-state index in [-0.39, 0.29) is 122 Å². The summed E-state index contributed by atoms with van der Waals surface area (Å²) in [6, 6.07) is 13.5. The highest BCUT2D eigenvalue weighted by Crippen LogP contribution is 2.30. The van der Waals surface area contributed by atoms with E-state index < -0.39 is 46.0 Å². The van der Waals surface area contributed by atoms with Crippen LogP contribution in [0.4, 0.5) is 10.5 Å². The molecule has 0 saturated heterocycles. The number of hydrogen-bond acceptors (Lipinski definition) is 15. The third kappa shape index (κ3) is 22.8. The van der Waals surface area contributed by atoms with E-state index in [2.05, 4.69) is 121 Å². The number of benzene rings is 2. The molecule has 3 rings (SSSR count). The number of nitrogens with two attached hydrogens (primary N) is 1. The van der Waals surface area contributed by atoms with Crippen molar-refractivity contribution >= 4 is 51.3 Å². The largest absolute Gasteiger partial charge is 0.379 e. The number of nitrogens with one attached hydrogen (secondary N) is 7. The van der Waals surface area contributed by atoms with E-state index in [4.69, 9.17) is 19.9 Å². The van der Waals surface area contributed by atoms with Gasteiger partial charge in [-0.15, -0.1) is 0 Å². The zero-order chi connectivity index (χ0) is 60.7. The van der Waals surface area contributed by atoms with Crippen molar-refractivity contribution in [2.45, 2.75) is 155 Å². The highest BCUT2D eigenvalue weighted by molar-refractivity contribution is 7.90. The number of primary amides is 1. The number of sulfonamides is 1. The second-order valence-corrected chi connectivity index (χ2v) is 24.8. The molecule has 0 spiro atoms. The van der Waals surface area contributed by atoms with Gasteiger partial charge in [0, 0.05) is 79.0 Å². The van der Waals surface area contributed by atoms with Gasteiger partial charge in [-0.25, -0.2) is 17.9 Å². The first-order chi connectivity index (χ1) is 38.0. The normalized spacial score (nSPS) is 15.6. The molecule has 81 heavy (non-hydrogen) atoms. The van der Waals surface area contributed by atoms with Crippen LogP contribution in [-0.2, 0) is 60.0 Å². The van der Waals surface area contributed by atoms with Crippen molar-refractivity contribution in [2.24, 2.45) is 23.0 Å². The zero-order valence-corrected chi connectivity index (χ0v) is 51.3. The lowest BCUT2D eigenvalue weighted by Crippen LogP contribution is -2.56. The van der Waals surface area contributed by atoms with Gasteiger partial charge in [0.05, 0.1) is 44.5 Å². The molecule has 22 heteroatoms. The Labute approximate surface area is 482 Å².